The summed E-state index contributed by atoms with van der Waals surface area (Å²) in [5, 5.41) is 4.61. The zero-order valence-corrected chi connectivity index (χ0v) is 6.37. The highest BCUT2D eigenvalue weighted by Gasteiger charge is 2.25. The fraction of sp³-hybridized carbons (Fsp3) is 1.00. The molecule has 0 aliphatic rings. The van der Waals surface area contributed by atoms with Crippen molar-refractivity contribution in [1.82, 2.24) is 0 Å². The van der Waals surface area contributed by atoms with Gasteiger partial charge in [-0.15, -0.1) is 0 Å². The Bertz CT molecular complexity index is 138. The first kappa shape index (κ1) is 10.9. The molecule has 0 aliphatic carbocycles. The van der Waals surface area contributed by atoms with Gasteiger partial charge in [0.25, 0.3) is 0 Å². The van der Waals surface area contributed by atoms with Gasteiger partial charge in [0, 0.05) is 6.42 Å². The van der Waals surface area contributed by atoms with Gasteiger partial charge in [-0.1, -0.05) is 0 Å². The maximum Gasteiger partial charge on any atom is 0.389 e. The smallest absolute Gasteiger partial charge is 0.278 e. The van der Waals surface area contributed by atoms with Crippen LogP contribution in [0.4, 0.5) is 13.2 Å². The highest BCUT2D eigenvalue weighted by molar-refractivity contribution is 7.77. The van der Waals surface area contributed by atoms with Gasteiger partial charge in [0.1, 0.15) is 0 Å². The second-order valence-corrected chi connectivity index (χ2v) is 2.56. The molecule has 1 atom stereocenters. The highest BCUT2D eigenvalue weighted by Crippen LogP contribution is 2.20. The second-order valence-electron chi connectivity index (χ2n) is 1.80. The molecule has 0 aliphatic heterocycles. The van der Waals surface area contributed by atoms with E-state index in [2.05, 4.69) is 9.32 Å². The van der Waals surface area contributed by atoms with E-state index in [9.17, 15) is 17.4 Å². The lowest BCUT2D eigenvalue weighted by Crippen LogP contribution is -2.12. The summed E-state index contributed by atoms with van der Waals surface area (Å²) < 4.78 is 48.4. The molecule has 0 heterocycles. The van der Waals surface area contributed by atoms with Crippen molar-refractivity contribution in [3.8, 4) is 0 Å². The van der Waals surface area contributed by atoms with Gasteiger partial charge in [0.2, 0.25) is 11.3 Å². The Morgan fingerprint density at radius 3 is 2.36 bits per heavy atom. The first-order valence-corrected chi connectivity index (χ1v) is 3.92. The number of nitrogens with two attached hydrogens (primary N) is 1. The van der Waals surface area contributed by atoms with Crippen molar-refractivity contribution >= 4 is 11.3 Å². The van der Waals surface area contributed by atoms with Crippen LogP contribution < -0.4 is 5.14 Å². The van der Waals surface area contributed by atoms with E-state index in [4.69, 9.17) is 0 Å². The maximum atomic E-state index is 11.4. The molecule has 0 aromatic heterocycles. The van der Waals surface area contributed by atoms with Gasteiger partial charge in [0.05, 0.1) is 6.61 Å². The molecule has 0 aromatic carbocycles. The van der Waals surface area contributed by atoms with Gasteiger partial charge >= 0.3 is 6.18 Å². The van der Waals surface area contributed by atoms with E-state index < -0.39 is 23.9 Å². The molecule has 11 heavy (non-hydrogen) atoms. The normalized spacial score (nSPS) is 14.9. The standard InChI is InChI=1S/C4H8F3NO2S/c5-4(6,7)2-1-3-10-11(8)9/h1-3,8H2. The quantitative estimate of drug-likeness (QED) is 0.670. The zero-order valence-electron chi connectivity index (χ0n) is 5.56. The molecule has 2 N–H and O–H groups in total. The van der Waals surface area contributed by atoms with Crippen molar-refractivity contribution in [1.29, 1.82) is 0 Å². The minimum absolute atomic E-state index is 0.216. The van der Waals surface area contributed by atoms with E-state index in [1.807, 2.05) is 0 Å². The number of hydrogen-bond donors (Lipinski definition) is 1. The van der Waals surface area contributed by atoms with Crippen LogP contribution in [-0.2, 0) is 15.4 Å². The van der Waals surface area contributed by atoms with Crippen molar-refractivity contribution < 1.29 is 21.6 Å². The second kappa shape index (κ2) is 4.68. The summed E-state index contributed by atoms with van der Waals surface area (Å²) in [6.45, 7) is -0.234. The third-order valence-corrected chi connectivity index (χ3v) is 1.20. The molecule has 68 valence electrons. The summed E-state index contributed by atoms with van der Waals surface area (Å²) in [7, 11) is 0. The number of rotatable bonds is 4. The van der Waals surface area contributed by atoms with Gasteiger partial charge in [-0.3, -0.25) is 4.18 Å². The van der Waals surface area contributed by atoms with Crippen molar-refractivity contribution in [2.75, 3.05) is 6.61 Å². The molecule has 0 amide bonds. The van der Waals surface area contributed by atoms with Crippen molar-refractivity contribution in [2.45, 2.75) is 19.0 Å². The van der Waals surface area contributed by atoms with Gasteiger partial charge in [-0.2, -0.15) is 13.2 Å². The van der Waals surface area contributed by atoms with Crippen LogP contribution >= 0.6 is 0 Å². The van der Waals surface area contributed by atoms with Crippen LogP contribution in [0.3, 0.4) is 0 Å². The van der Waals surface area contributed by atoms with Crippen molar-refractivity contribution in [3.63, 3.8) is 0 Å². The Morgan fingerprint density at radius 2 is 2.00 bits per heavy atom. The Kier molecular flexibility index (Phi) is 4.62. The summed E-state index contributed by atoms with van der Waals surface area (Å²) >= 11 is -1.96. The molecule has 0 radical (unpaired) electrons. The van der Waals surface area contributed by atoms with E-state index in [0.29, 0.717) is 0 Å². The molecule has 0 bridgehead atoms. The first-order valence-electron chi connectivity index (χ1n) is 2.78. The van der Waals surface area contributed by atoms with Crippen LogP contribution in [0.15, 0.2) is 0 Å². The lowest BCUT2D eigenvalue weighted by atomic mass is 10.3. The lowest BCUT2D eigenvalue weighted by molar-refractivity contribution is -0.136. The fourth-order valence-electron chi connectivity index (χ4n) is 0.414. The van der Waals surface area contributed by atoms with Crippen LogP contribution in [0.5, 0.6) is 0 Å². The van der Waals surface area contributed by atoms with E-state index in [1.165, 1.54) is 0 Å². The molecule has 0 saturated carbocycles. The maximum absolute atomic E-state index is 11.4. The monoisotopic (exact) mass is 191 g/mol. The Hall–Kier alpha value is -0.140. The summed E-state index contributed by atoms with van der Waals surface area (Å²) in [6, 6.07) is 0. The van der Waals surface area contributed by atoms with Gasteiger partial charge in [-0.05, 0) is 6.42 Å². The van der Waals surface area contributed by atoms with Gasteiger partial charge in [-0.25, -0.2) is 9.35 Å². The minimum atomic E-state index is -4.18. The molecule has 0 aromatic rings. The molecule has 1 unspecified atom stereocenters. The fourth-order valence-corrected chi connectivity index (χ4v) is 0.696. The third-order valence-electron chi connectivity index (χ3n) is 0.804. The molecule has 0 fully saturated rings. The molecule has 3 nitrogen and oxygen atoms in total. The predicted octanol–water partition coefficient (Wildman–Crippen LogP) is 0.883. The van der Waals surface area contributed by atoms with Crippen LogP contribution in [0, 0.1) is 0 Å². The Balaban J connectivity index is 3.22. The summed E-state index contributed by atoms with van der Waals surface area (Å²) in [6.07, 6.45) is -5.34. The van der Waals surface area contributed by atoms with E-state index in [0.717, 1.165) is 0 Å². The molecule has 0 spiro atoms. The average Bonchev–Trinajstić information content (AvgIpc) is 1.78. The van der Waals surface area contributed by atoms with Crippen LogP contribution in [0.1, 0.15) is 12.8 Å². The number of halogens is 3. The first-order chi connectivity index (χ1) is 4.92. The zero-order chi connectivity index (χ0) is 8.91. The van der Waals surface area contributed by atoms with Gasteiger partial charge < -0.3 is 0 Å². The predicted molar refractivity (Wildman–Crippen MR) is 33.6 cm³/mol. The Labute approximate surface area is 64.5 Å². The topological polar surface area (TPSA) is 52.3 Å². The highest BCUT2D eigenvalue weighted by atomic mass is 32.2. The van der Waals surface area contributed by atoms with Crippen molar-refractivity contribution in [2.24, 2.45) is 5.14 Å². The van der Waals surface area contributed by atoms with Crippen LogP contribution in [-0.4, -0.2) is 17.0 Å². The largest absolute Gasteiger partial charge is 0.389 e. The SMILES string of the molecule is NS(=O)OCCCC(F)(F)F. The van der Waals surface area contributed by atoms with Crippen LogP contribution in [0.2, 0.25) is 0 Å². The number of alkyl halides is 3. The summed E-state index contributed by atoms with van der Waals surface area (Å²) in [4.78, 5) is 0. The molecule has 7 heteroatoms. The van der Waals surface area contributed by atoms with Crippen LogP contribution in [0.25, 0.3) is 0 Å². The van der Waals surface area contributed by atoms with E-state index in [1.54, 1.807) is 0 Å². The number of hydrogen-bond acceptors (Lipinski definition) is 2. The van der Waals surface area contributed by atoms with E-state index in [-0.39, 0.29) is 13.0 Å². The summed E-state index contributed by atoms with van der Waals surface area (Å²) in [5.74, 6) is 0. The van der Waals surface area contributed by atoms with E-state index >= 15 is 0 Å². The Morgan fingerprint density at radius 1 is 1.45 bits per heavy atom. The molecular formula is C4H8F3NO2S. The molecule has 0 saturated heterocycles. The third kappa shape index (κ3) is 9.86. The lowest BCUT2D eigenvalue weighted by Gasteiger charge is -2.04. The van der Waals surface area contributed by atoms with Gasteiger partial charge in [0.15, 0.2) is 0 Å². The minimum Gasteiger partial charge on any atom is -0.278 e. The molecule has 0 rings (SSSR count). The average molecular weight is 191 g/mol. The molecular weight excluding hydrogens is 183 g/mol. The van der Waals surface area contributed by atoms with Crippen molar-refractivity contribution in [3.05, 3.63) is 0 Å². The summed E-state index contributed by atoms with van der Waals surface area (Å²) in [5.41, 5.74) is 0.